The van der Waals surface area contributed by atoms with Crippen molar-refractivity contribution in [2.45, 2.75) is 39.2 Å². The Bertz CT molecular complexity index is 174. The van der Waals surface area contributed by atoms with Crippen LogP contribution in [0.3, 0.4) is 0 Å². The monoisotopic (exact) mass is 184 g/mol. The van der Waals surface area contributed by atoms with Gasteiger partial charge in [-0.25, -0.2) is 0 Å². The van der Waals surface area contributed by atoms with Gasteiger partial charge in [0.05, 0.1) is 5.92 Å². The highest BCUT2D eigenvalue weighted by Gasteiger charge is 2.24. The van der Waals surface area contributed by atoms with Gasteiger partial charge < -0.3 is 10.6 Å². The van der Waals surface area contributed by atoms with Crippen molar-refractivity contribution in [3.8, 4) is 0 Å². The van der Waals surface area contributed by atoms with E-state index in [4.69, 9.17) is 5.73 Å². The average Bonchev–Trinajstić information content (AvgIpc) is 2.17. The topological polar surface area (TPSA) is 46.3 Å². The summed E-state index contributed by atoms with van der Waals surface area (Å²) in [5.41, 5.74) is 5.70. The summed E-state index contributed by atoms with van der Waals surface area (Å²) in [6.45, 7) is 5.67. The molecule has 1 rings (SSSR count). The lowest BCUT2D eigenvalue weighted by Crippen LogP contribution is -2.43. The number of carbonyl (C=O) groups is 1. The Hall–Kier alpha value is -0.570. The van der Waals surface area contributed by atoms with Crippen molar-refractivity contribution in [2.75, 3.05) is 13.1 Å². The molecular formula is C10H20N2O. The number of piperidine rings is 1. The Kier molecular flexibility index (Phi) is 3.72. The average molecular weight is 184 g/mol. The molecule has 3 heteroatoms. The van der Waals surface area contributed by atoms with Crippen LogP contribution in [0.2, 0.25) is 0 Å². The molecule has 0 aromatic heterocycles. The van der Waals surface area contributed by atoms with Gasteiger partial charge in [0.2, 0.25) is 5.91 Å². The van der Waals surface area contributed by atoms with Crippen molar-refractivity contribution in [3.63, 3.8) is 0 Å². The van der Waals surface area contributed by atoms with Gasteiger partial charge in [-0.1, -0.05) is 6.92 Å². The molecule has 76 valence electrons. The lowest BCUT2D eigenvalue weighted by Gasteiger charge is -2.30. The predicted molar refractivity (Wildman–Crippen MR) is 53.2 cm³/mol. The second-order valence-corrected chi connectivity index (χ2v) is 4.03. The molecule has 0 aliphatic carbocycles. The Morgan fingerprint density at radius 1 is 1.23 bits per heavy atom. The zero-order chi connectivity index (χ0) is 9.84. The number of amides is 1. The third kappa shape index (κ3) is 2.69. The molecule has 1 aliphatic heterocycles. The molecule has 0 saturated carbocycles. The van der Waals surface area contributed by atoms with E-state index in [0.717, 1.165) is 25.9 Å². The van der Waals surface area contributed by atoms with Crippen LogP contribution in [0, 0.1) is 5.92 Å². The summed E-state index contributed by atoms with van der Waals surface area (Å²) >= 11 is 0. The first-order valence-corrected chi connectivity index (χ1v) is 5.17. The molecule has 1 saturated heterocycles. The number of likely N-dealkylation sites (tertiary alicyclic amines) is 1. The first-order valence-electron chi connectivity index (χ1n) is 5.17. The standard InChI is InChI=1S/C10H20N2O/c1-8(9(2)11)10(13)12-6-4-3-5-7-12/h8-9H,3-7,11H2,1-2H3. The molecule has 1 heterocycles. The molecule has 2 unspecified atom stereocenters. The fraction of sp³-hybridized carbons (Fsp3) is 0.900. The highest BCUT2D eigenvalue weighted by Crippen LogP contribution is 2.13. The van der Waals surface area contributed by atoms with Crippen LogP contribution < -0.4 is 5.73 Å². The predicted octanol–water partition coefficient (Wildman–Crippen LogP) is 0.982. The van der Waals surface area contributed by atoms with Crippen molar-refractivity contribution < 1.29 is 4.79 Å². The Morgan fingerprint density at radius 3 is 2.23 bits per heavy atom. The fourth-order valence-electron chi connectivity index (χ4n) is 1.63. The van der Waals surface area contributed by atoms with E-state index in [-0.39, 0.29) is 17.9 Å². The first kappa shape index (κ1) is 10.5. The number of nitrogens with two attached hydrogens (primary N) is 1. The van der Waals surface area contributed by atoms with Gasteiger partial charge in [-0.3, -0.25) is 4.79 Å². The molecule has 3 nitrogen and oxygen atoms in total. The zero-order valence-electron chi connectivity index (χ0n) is 8.62. The maximum absolute atomic E-state index is 11.8. The Morgan fingerprint density at radius 2 is 1.77 bits per heavy atom. The smallest absolute Gasteiger partial charge is 0.226 e. The lowest BCUT2D eigenvalue weighted by molar-refractivity contribution is -0.136. The second-order valence-electron chi connectivity index (χ2n) is 4.03. The quantitative estimate of drug-likeness (QED) is 0.695. The molecule has 0 aromatic rings. The van der Waals surface area contributed by atoms with Crippen molar-refractivity contribution in [1.82, 2.24) is 4.90 Å². The summed E-state index contributed by atoms with van der Waals surface area (Å²) in [4.78, 5) is 13.7. The molecule has 1 fully saturated rings. The van der Waals surface area contributed by atoms with Crippen molar-refractivity contribution in [1.29, 1.82) is 0 Å². The van der Waals surface area contributed by atoms with Gasteiger partial charge in [-0.2, -0.15) is 0 Å². The normalized spacial score (nSPS) is 22.5. The van der Waals surface area contributed by atoms with Gasteiger partial charge in [-0.15, -0.1) is 0 Å². The highest BCUT2D eigenvalue weighted by atomic mass is 16.2. The van der Waals surface area contributed by atoms with E-state index in [9.17, 15) is 4.79 Å². The molecule has 1 aliphatic rings. The molecule has 0 spiro atoms. The number of hydrogen-bond acceptors (Lipinski definition) is 2. The molecule has 0 bridgehead atoms. The van der Waals surface area contributed by atoms with Gasteiger partial charge in [0.15, 0.2) is 0 Å². The summed E-state index contributed by atoms with van der Waals surface area (Å²) in [7, 11) is 0. The van der Waals surface area contributed by atoms with Crippen LogP contribution in [0.5, 0.6) is 0 Å². The summed E-state index contributed by atoms with van der Waals surface area (Å²) in [6, 6.07) is -0.0329. The molecule has 2 atom stereocenters. The minimum Gasteiger partial charge on any atom is -0.342 e. The van der Waals surface area contributed by atoms with Gasteiger partial charge >= 0.3 is 0 Å². The number of nitrogens with zero attached hydrogens (tertiary/aromatic N) is 1. The second kappa shape index (κ2) is 4.61. The van der Waals surface area contributed by atoms with E-state index < -0.39 is 0 Å². The molecular weight excluding hydrogens is 164 g/mol. The highest BCUT2D eigenvalue weighted by molar-refractivity contribution is 5.79. The Balaban J connectivity index is 2.45. The van der Waals surface area contributed by atoms with Crippen molar-refractivity contribution >= 4 is 5.91 Å². The lowest BCUT2D eigenvalue weighted by atomic mass is 10.0. The molecule has 0 aromatic carbocycles. The summed E-state index contributed by atoms with van der Waals surface area (Å²) < 4.78 is 0. The molecule has 2 N–H and O–H groups in total. The Labute approximate surface area is 80.3 Å². The maximum atomic E-state index is 11.8. The van der Waals surface area contributed by atoms with Crippen LogP contribution in [0.15, 0.2) is 0 Å². The van der Waals surface area contributed by atoms with Gasteiger partial charge in [0.25, 0.3) is 0 Å². The molecule has 0 radical (unpaired) electrons. The number of hydrogen-bond donors (Lipinski definition) is 1. The third-order valence-corrected chi connectivity index (χ3v) is 2.85. The van der Waals surface area contributed by atoms with Crippen LogP contribution in [-0.4, -0.2) is 29.9 Å². The van der Waals surface area contributed by atoms with E-state index in [1.165, 1.54) is 6.42 Å². The summed E-state index contributed by atoms with van der Waals surface area (Å²) in [6.07, 6.45) is 3.56. The number of carbonyl (C=O) groups excluding carboxylic acids is 1. The third-order valence-electron chi connectivity index (χ3n) is 2.85. The van der Waals surface area contributed by atoms with E-state index in [0.29, 0.717) is 0 Å². The minimum absolute atomic E-state index is 0.0295. The van der Waals surface area contributed by atoms with Crippen LogP contribution in [-0.2, 0) is 4.79 Å². The fourth-order valence-corrected chi connectivity index (χ4v) is 1.63. The summed E-state index contributed by atoms with van der Waals surface area (Å²) in [5, 5.41) is 0. The summed E-state index contributed by atoms with van der Waals surface area (Å²) in [5.74, 6) is 0.202. The van der Waals surface area contributed by atoms with E-state index in [2.05, 4.69) is 0 Å². The van der Waals surface area contributed by atoms with Crippen LogP contribution >= 0.6 is 0 Å². The van der Waals surface area contributed by atoms with Gasteiger partial charge in [-0.05, 0) is 26.2 Å². The van der Waals surface area contributed by atoms with E-state index in [1.807, 2.05) is 18.7 Å². The first-order chi connectivity index (χ1) is 6.13. The maximum Gasteiger partial charge on any atom is 0.226 e. The minimum atomic E-state index is -0.0329. The zero-order valence-corrected chi connectivity index (χ0v) is 8.62. The van der Waals surface area contributed by atoms with Gasteiger partial charge in [0, 0.05) is 19.1 Å². The molecule has 13 heavy (non-hydrogen) atoms. The largest absolute Gasteiger partial charge is 0.342 e. The van der Waals surface area contributed by atoms with Crippen molar-refractivity contribution in [2.24, 2.45) is 11.7 Å². The van der Waals surface area contributed by atoms with Crippen LogP contribution in [0.4, 0.5) is 0 Å². The van der Waals surface area contributed by atoms with Crippen LogP contribution in [0.1, 0.15) is 33.1 Å². The number of rotatable bonds is 2. The van der Waals surface area contributed by atoms with Crippen LogP contribution in [0.25, 0.3) is 0 Å². The van der Waals surface area contributed by atoms with E-state index in [1.54, 1.807) is 0 Å². The van der Waals surface area contributed by atoms with E-state index >= 15 is 0 Å². The van der Waals surface area contributed by atoms with Crippen molar-refractivity contribution in [3.05, 3.63) is 0 Å². The van der Waals surface area contributed by atoms with Gasteiger partial charge in [0.1, 0.15) is 0 Å². The SMILES string of the molecule is CC(N)C(C)C(=O)N1CCCCC1. The molecule has 1 amide bonds.